The highest BCUT2D eigenvalue weighted by atomic mass is 32.1. The van der Waals surface area contributed by atoms with Gasteiger partial charge >= 0.3 is 0 Å². The number of hydrogen-bond acceptors (Lipinski definition) is 7. The Bertz CT molecular complexity index is 1740. The van der Waals surface area contributed by atoms with E-state index < -0.39 is 5.92 Å². The molecule has 7 rings (SSSR count). The zero-order valence-electron chi connectivity index (χ0n) is 19.4. The predicted molar refractivity (Wildman–Crippen MR) is 138 cm³/mol. The summed E-state index contributed by atoms with van der Waals surface area (Å²) in [5.74, 6) is -1.97. The molecular formula is C26H20F2N8S. The van der Waals surface area contributed by atoms with Crippen LogP contribution in [0.3, 0.4) is 0 Å². The van der Waals surface area contributed by atoms with E-state index >= 15 is 0 Å². The molecule has 0 amide bonds. The highest BCUT2D eigenvalue weighted by molar-refractivity contribution is 7.13. The second-order valence-electron chi connectivity index (χ2n) is 9.24. The molecule has 0 aromatic carbocycles. The molecule has 0 saturated carbocycles. The highest BCUT2D eigenvalue weighted by Gasteiger charge is 2.37. The number of pyridine rings is 3. The SMILES string of the molecule is FC1(F)CCN(Cc2cncc(-c3cnc4n[nH]c(-c5nc6c(-c7cccs7)cncc6[nH]5)c4c3)c2)C1. The smallest absolute Gasteiger partial charge is 0.261 e. The molecule has 184 valence electrons. The van der Waals surface area contributed by atoms with Crippen molar-refractivity contribution in [1.82, 2.24) is 40.0 Å². The molecule has 11 heteroatoms. The minimum Gasteiger partial charge on any atom is -0.335 e. The van der Waals surface area contributed by atoms with Crippen LogP contribution in [0.4, 0.5) is 8.78 Å². The first kappa shape index (κ1) is 22.1. The Balaban J connectivity index is 1.24. The number of fused-ring (bicyclic) bond motifs is 2. The van der Waals surface area contributed by atoms with E-state index in [2.05, 4.69) is 36.2 Å². The third-order valence-electron chi connectivity index (χ3n) is 6.61. The number of imidazole rings is 1. The number of likely N-dealkylation sites (tertiary alicyclic amines) is 1. The van der Waals surface area contributed by atoms with Gasteiger partial charge < -0.3 is 4.98 Å². The third kappa shape index (κ3) is 4.05. The van der Waals surface area contributed by atoms with E-state index in [1.807, 2.05) is 29.8 Å². The number of rotatable bonds is 5. The number of aromatic nitrogens is 7. The molecular weight excluding hydrogens is 494 g/mol. The second kappa shape index (κ2) is 8.49. The summed E-state index contributed by atoms with van der Waals surface area (Å²) in [4.78, 5) is 24.4. The lowest BCUT2D eigenvalue weighted by Gasteiger charge is -2.15. The van der Waals surface area contributed by atoms with Crippen molar-refractivity contribution in [1.29, 1.82) is 0 Å². The van der Waals surface area contributed by atoms with Gasteiger partial charge in [-0.2, -0.15) is 5.10 Å². The fourth-order valence-corrected chi connectivity index (χ4v) is 5.57. The van der Waals surface area contributed by atoms with Crippen molar-refractivity contribution in [2.45, 2.75) is 18.9 Å². The third-order valence-corrected chi connectivity index (χ3v) is 7.51. The Kier molecular flexibility index (Phi) is 5.08. The first-order valence-electron chi connectivity index (χ1n) is 11.8. The predicted octanol–water partition coefficient (Wildman–Crippen LogP) is 5.53. The molecule has 0 spiro atoms. The average molecular weight is 515 g/mol. The number of alkyl halides is 2. The van der Waals surface area contributed by atoms with Gasteiger partial charge in [0.05, 0.1) is 23.6 Å². The maximum atomic E-state index is 13.6. The van der Waals surface area contributed by atoms with Crippen molar-refractivity contribution >= 4 is 33.4 Å². The monoisotopic (exact) mass is 514 g/mol. The van der Waals surface area contributed by atoms with Gasteiger partial charge in [-0.05, 0) is 29.1 Å². The second-order valence-corrected chi connectivity index (χ2v) is 10.2. The van der Waals surface area contributed by atoms with Crippen LogP contribution in [-0.2, 0) is 6.54 Å². The topological polar surface area (TPSA) is 99.3 Å². The molecule has 1 saturated heterocycles. The van der Waals surface area contributed by atoms with E-state index in [1.165, 1.54) is 0 Å². The summed E-state index contributed by atoms with van der Waals surface area (Å²) in [6, 6.07) is 8.03. The van der Waals surface area contributed by atoms with Crippen LogP contribution < -0.4 is 0 Å². The molecule has 6 aromatic heterocycles. The molecule has 37 heavy (non-hydrogen) atoms. The van der Waals surface area contributed by atoms with Crippen molar-refractivity contribution in [3.05, 3.63) is 66.2 Å². The Hall–Kier alpha value is -4.09. The van der Waals surface area contributed by atoms with E-state index in [-0.39, 0.29) is 13.0 Å². The van der Waals surface area contributed by atoms with Crippen molar-refractivity contribution in [2.75, 3.05) is 13.1 Å². The summed E-state index contributed by atoms with van der Waals surface area (Å²) < 4.78 is 27.2. The van der Waals surface area contributed by atoms with Crippen LogP contribution in [-0.4, -0.2) is 59.0 Å². The van der Waals surface area contributed by atoms with Gasteiger partial charge in [0.25, 0.3) is 5.92 Å². The molecule has 1 aliphatic rings. The molecule has 7 heterocycles. The maximum absolute atomic E-state index is 13.6. The van der Waals surface area contributed by atoms with Crippen LogP contribution in [0.2, 0.25) is 0 Å². The fraction of sp³-hybridized carbons (Fsp3) is 0.192. The zero-order valence-corrected chi connectivity index (χ0v) is 20.3. The summed E-state index contributed by atoms with van der Waals surface area (Å²) >= 11 is 1.64. The number of nitrogens with zero attached hydrogens (tertiary/aromatic N) is 6. The van der Waals surface area contributed by atoms with Crippen LogP contribution in [0.25, 0.3) is 55.2 Å². The quantitative estimate of drug-likeness (QED) is 0.314. The van der Waals surface area contributed by atoms with Crippen molar-refractivity contribution in [3.8, 4) is 33.1 Å². The van der Waals surface area contributed by atoms with Crippen molar-refractivity contribution in [2.24, 2.45) is 0 Å². The molecule has 2 N–H and O–H groups in total. The van der Waals surface area contributed by atoms with Gasteiger partial charge in [-0.1, -0.05) is 6.07 Å². The summed E-state index contributed by atoms with van der Waals surface area (Å²) in [7, 11) is 0. The largest absolute Gasteiger partial charge is 0.335 e. The van der Waals surface area contributed by atoms with Crippen LogP contribution in [0, 0.1) is 0 Å². The minimum absolute atomic E-state index is 0.101. The van der Waals surface area contributed by atoms with Crippen LogP contribution in [0.1, 0.15) is 12.0 Å². The molecule has 0 aliphatic carbocycles. The summed E-state index contributed by atoms with van der Waals surface area (Å²) in [5.41, 5.74) is 6.53. The van der Waals surface area contributed by atoms with E-state index in [0.717, 1.165) is 49.2 Å². The number of H-pyrrole nitrogens is 2. The maximum Gasteiger partial charge on any atom is 0.261 e. The lowest BCUT2D eigenvalue weighted by Crippen LogP contribution is -2.24. The minimum atomic E-state index is -2.62. The van der Waals surface area contributed by atoms with Crippen molar-refractivity contribution in [3.63, 3.8) is 0 Å². The number of hydrogen-bond donors (Lipinski definition) is 2. The molecule has 0 radical (unpaired) electrons. The lowest BCUT2D eigenvalue weighted by molar-refractivity contribution is 0.0115. The number of thiophene rings is 1. The van der Waals surface area contributed by atoms with Gasteiger partial charge in [0.1, 0.15) is 11.2 Å². The van der Waals surface area contributed by atoms with E-state index in [0.29, 0.717) is 24.6 Å². The summed E-state index contributed by atoms with van der Waals surface area (Å²) in [6.07, 6.45) is 8.71. The highest BCUT2D eigenvalue weighted by Crippen LogP contribution is 2.34. The Morgan fingerprint density at radius 1 is 1.05 bits per heavy atom. The molecule has 0 atom stereocenters. The van der Waals surface area contributed by atoms with Gasteiger partial charge in [-0.3, -0.25) is 20.0 Å². The Labute approximate surface area is 213 Å². The molecule has 0 unspecified atom stereocenters. The van der Waals surface area contributed by atoms with Gasteiger partial charge in [0.15, 0.2) is 11.5 Å². The van der Waals surface area contributed by atoms with Gasteiger partial charge in [-0.25, -0.2) is 18.7 Å². The fourth-order valence-electron chi connectivity index (χ4n) is 4.83. The van der Waals surface area contributed by atoms with E-state index in [9.17, 15) is 8.78 Å². The first-order valence-corrected chi connectivity index (χ1v) is 12.7. The first-order chi connectivity index (χ1) is 18.0. The molecule has 1 aliphatic heterocycles. The van der Waals surface area contributed by atoms with E-state index in [1.54, 1.807) is 41.0 Å². The van der Waals surface area contributed by atoms with Crippen molar-refractivity contribution < 1.29 is 8.78 Å². The molecule has 6 aromatic rings. The summed E-state index contributed by atoms with van der Waals surface area (Å²) in [6.45, 7) is 0.595. The number of aromatic amines is 2. The lowest BCUT2D eigenvalue weighted by atomic mass is 10.1. The average Bonchev–Trinajstić information content (AvgIpc) is 3.69. The van der Waals surface area contributed by atoms with Gasteiger partial charge in [-0.15, -0.1) is 11.3 Å². The number of nitrogens with one attached hydrogen (secondary N) is 2. The van der Waals surface area contributed by atoms with E-state index in [4.69, 9.17) is 4.98 Å². The zero-order chi connectivity index (χ0) is 25.0. The standard InChI is InChI=1S/C26H20F2N8S/c27-26(28)3-4-36(14-26)13-15-6-16(9-29-8-15)17-7-18-23(34-35-24(18)31-10-17)25-32-20-12-30-11-19(22(20)33-25)21-2-1-5-37-21/h1-2,5-12H,3-4,13-14H2,(H,32,33)(H,31,34,35). The Morgan fingerprint density at radius 3 is 2.78 bits per heavy atom. The summed E-state index contributed by atoms with van der Waals surface area (Å²) in [5, 5.41) is 10.3. The molecule has 0 bridgehead atoms. The normalized spacial score (nSPS) is 15.7. The Morgan fingerprint density at radius 2 is 1.95 bits per heavy atom. The van der Waals surface area contributed by atoms with Crippen LogP contribution in [0.5, 0.6) is 0 Å². The molecule has 1 fully saturated rings. The van der Waals surface area contributed by atoms with Gasteiger partial charge in [0.2, 0.25) is 0 Å². The molecule has 8 nitrogen and oxygen atoms in total. The number of halogens is 2. The van der Waals surface area contributed by atoms with Crippen LogP contribution in [0.15, 0.2) is 60.6 Å². The van der Waals surface area contributed by atoms with Gasteiger partial charge in [0, 0.05) is 65.9 Å². The van der Waals surface area contributed by atoms with Crippen LogP contribution >= 0.6 is 11.3 Å².